The van der Waals surface area contributed by atoms with Gasteiger partial charge in [0, 0.05) is 12.3 Å². The molecule has 1 aliphatic rings. The summed E-state index contributed by atoms with van der Waals surface area (Å²) in [6.07, 6.45) is -0.600. The van der Waals surface area contributed by atoms with Crippen LogP contribution in [0.25, 0.3) is 0 Å². The van der Waals surface area contributed by atoms with Crippen molar-refractivity contribution in [3.63, 3.8) is 0 Å². The molecule has 0 aliphatic carbocycles. The summed E-state index contributed by atoms with van der Waals surface area (Å²) in [5, 5.41) is 20.6. The fraction of sp³-hybridized carbons (Fsp3) is 1.00. The largest absolute Gasteiger partial charge is 0.394 e. The molecule has 0 aromatic heterocycles. The Hall–Kier alpha value is 0.230. The van der Waals surface area contributed by atoms with Gasteiger partial charge in [-0.15, -0.1) is 11.8 Å². The molecule has 2 unspecified atom stereocenters. The maximum absolute atomic E-state index is 9.02. The lowest BCUT2D eigenvalue weighted by atomic mass is 10.4. The van der Waals surface area contributed by atoms with Crippen LogP contribution in [-0.2, 0) is 0 Å². The van der Waals surface area contributed by atoms with Gasteiger partial charge in [-0.3, -0.25) is 0 Å². The smallest absolute Gasteiger partial charge is 0.102 e. The van der Waals surface area contributed by atoms with E-state index in [0.717, 1.165) is 12.3 Å². The van der Waals surface area contributed by atoms with Gasteiger partial charge in [0.1, 0.15) is 6.10 Å². The zero-order chi connectivity index (χ0) is 6.69. The average Bonchev–Trinajstić information content (AvgIpc) is 2.37. The molecular weight excluding hydrogens is 138 g/mol. The van der Waals surface area contributed by atoms with E-state index in [9.17, 15) is 0 Å². The van der Waals surface area contributed by atoms with Gasteiger partial charge in [-0.2, -0.15) is 0 Å². The molecular formula is C5H11NO2S. The Morgan fingerprint density at radius 3 is 3.00 bits per heavy atom. The standard InChI is InChI=1S/C5H11NO2S/c7-3-4(8)5-6-1-2-9-5/h4-8H,1-3H2. The van der Waals surface area contributed by atoms with Crippen molar-refractivity contribution < 1.29 is 10.2 Å². The summed E-state index contributed by atoms with van der Waals surface area (Å²) in [7, 11) is 0. The van der Waals surface area contributed by atoms with Crippen molar-refractivity contribution in [1.29, 1.82) is 0 Å². The lowest BCUT2D eigenvalue weighted by molar-refractivity contribution is 0.0881. The highest BCUT2D eigenvalue weighted by atomic mass is 32.2. The van der Waals surface area contributed by atoms with Crippen LogP contribution in [0.5, 0.6) is 0 Å². The van der Waals surface area contributed by atoms with Crippen molar-refractivity contribution in [3.8, 4) is 0 Å². The van der Waals surface area contributed by atoms with E-state index in [1.165, 1.54) is 0 Å². The van der Waals surface area contributed by atoms with Crippen LogP contribution in [-0.4, -0.2) is 40.6 Å². The van der Waals surface area contributed by atoms with Crippen LogP contribution in [0.3, 0.4) is 0 Å². The summed E-state index contributed by atoms with van der Waals surface area (Å²) < 4.78 is 0. The molecule has 0 aromatic carbocycles. The Morgan fingerprint density at radius 1 is 1.78 bits per heavy atom. The first kappa shape index (κ1) is 7.34. The summed E-state index contributed by atoms with van der Waals surface area (Å²) in [5.41, 5.74) is 0. The van der Waals surface area contributed by atoms with Gasteiger partial charge in [-0.1, -0.05) is 0 Å². The Morgan fingerprint density at radius 2 is 2.56 bits per heavy atom. The Balaban J connectivity index is 2.24. The van der Waals surface area contributed by atoms with E-state index in [4.69, 9.17) is 10.2 Å². The minimum absolute atomic E-state index is 0.0509. The molecule has 54 valence electrons. The van der Waals surface area contributed by atoms with Gasteiger partial charge in [-0.25, -0.2) is 0 Å². The molecule has 0 aromatic rings. The SMILES string of the molecule is OCC(O)C1NCCS1. The van der Waals surface area contributed by atoms with Crippen LogP contribution < -0.4 is 5.32 Å². The summed E-state index contributed by atoms with van der Waals surface area (Å²) in [6, 6.07) is 0. The van der Waals surface area contributed by atoms with E-state index >= 15 is 0 Å². The molecule has 0 spiro atoms. The third-order valence-corrected chi connectivity index (χ3v) is 2.56. The minimum Gasteiger partial charge on any atom is -0.394 e. The zero-order valence-electron chi connectivity index (χ0n) is 5.08. The average molecular weight is 149 g/mol. The van der Waals surface area contributed by atoms with Crippen LogP contribution in [0.4, 0.5) is 0 Å². The summed E-state index contributed by atoms with van der Waals surface area (Å²) in [6.45, 7) is 0.789. The molecule has 0 radical (unpaired) electrons. The predicted octanol–water partition coefficient (Wildman–Crippen LogP) is -0.998. The van der Waals surface area contributed by atoms with Gasteiger partial charge in [-0.05, 0) is 0 Å². The van der Waals surface area contributed by atoms with Crippen molar-refractivity contribution >= 4 is 11.8 Å². The second kappa shape index (κ2) is 3.41. The normalized spacial score (nSPS) is 30.7. The predicted molar refractivity (Wildman–Crippen MR) is 37.3 cm³/mol. The first-order valence-corrected chi connectivity index (χ1v) is 4.03. The number of nitrogens with one attached hydrogen (secondary N) is 1. The van der Waals surface area contributed by atoms with Crippen molar-refractivity contribution in [1.82, 2.24) is 5.32 Å². The maximum atomic E-state index is 9.02. The number of rotatable bonds is 2. The molecule has 1 aliphatic heterocycles. The number of aliphatic hydroxyl groups excluding tert-OH is 2. The third-order valence-electron chi connectivity index (χ3n) is 1.28. The molecule has 0 amide bonds. The van der Waals surface area contributed by atoms with Crippen molar-refractivity contribution in [3.05, 3.63) is 0 Å². The highest BCUT2D eigenvalue weighted by Gasteiger charge is 2.21. The quantitative estimate of drug-likeness (QED) is 0.471. The lowest BCUT2D eigenvalue weighted by Gasteiger charge is -2.13. The molecule has 2 atom stereocenters. The van der Waals surface area contributed by atoms with Crippen LogP contribution >= 0.6 is 11.8 Å². The van der Waals surface area contributed by atoms with Gasteiger partial charge < -0.3 is 15.5 Å². The maximum Gasteiger partial charge on any atom is 0.102 e. The first-order valence-electron chi connectivity index (χ1n) is 2.98. The van der Waals surface area contributed by atoms with E-state index in [1.54, 1.807) is 11.8 Å². The second-order valence-corrected chi connectivity index (χ2v) is 3.24. The Labute approximate surface area is 58.5 Å². The Bertz CT molecular complexity index is 85.0. The molecule has 4 heteroatoms. The lowest BCUT2D eigenvalue weighted by Crippen LogP contribution is -2.35. The number of aliphatic hydroxyl groups is 2. The fourth-order valence-electron chi connectivity index (χ4n) is 0.789. The molecule has 9 heavy (non-hydrogen) atoms. The van der Waals surface area contributed by atoms with Crippen LogP contribution in [0.1, 0.15) is 0 Å². The van der Waals surface area contributed by atoms with Gasteiger partial charge in [0.25, 0.3) is 0 Å². The second-order valence-electron chi connectivity index (χ2n) is 2.00. The van der Waals surface area contributed by atoms with Crippen LogP contribution in [0.15, 0.2) is 0 Å². The molecule has 1 rings (SSSR count). The van der Waals surface area contributed by atoms with Crippen LogP contribution in [0.2, 0.25) is 0 Å². The van der Waals surface area contributed by atoms with E-state index in [2.05, 4.69) is 5.32 Å². The monoisotopic (exact) mass is 149 g/mol. The summed E-state index contributed by atoms with van der Waals surface area (Å²) >= 11 is 1.65. The third kappa shape index (κ3) is 1.82. The van der Waals surface area contributed by atoms with E-state index < -0.39 is 6.10 Å². The summed E-state index contributed by atoms with van der Waals surface area (Å²) in [5.74, 6) is 1.03. The molecule has 1 fully saturated rings. The Kier molecular flexibility index (Phi) is 2.78. The number of hydrogen-bond acceptors (Lipinski definition) is 4. The molecule has 3 N–H and O–H groups in total. The molecule has 0 bridgehead atoms. The molecule has 3 nitrogen and oxygen atoms in total. The highest BCUT2D eigenvalue weighted by molar-refractivity contribution is 8.00. The zero-order valence-corrected chi connectivity index (χ0v) is 5.90. The minimum atomic E-state index is -0.600. The highest BCUT2D eigenvalue weighted by Crippen LogP contribution is 2.16. The molecule has 0 saturated carbocycles. The summed E-state index contributed by atoms with van der Waals surface area (Å²) in [4.78, 5) is 0. The van der Waals surface area contributed by atoms with E-state index in [-0.39, 0.29) is 12.0 Å². The van der Waals surface area contributed by atoms with Gasteiger partial charge in [0.15, 0.2) is 0 Å². The van der Waals surface area contributed by atoms with Crippen molar-refractivity contribution in [2.24, 2.45) is 0 Å². The fourth-order valence-corrected chi connectivity index (χ4v) is 1.82. The first-order chi connectivity index (χ1) is 4.34. The molecule has 1 heterocycles. The van der Waals surface area contributed by atoms with Crippen LogP contribution in [0, 0.1) is 0 Å². The van der Waals surface area contributed by atoms with Gasteiger partial charge in [0.05, 0.1) is 12.0 Å². The number of hydrogen-bond donors (Lipinski definition) is 3. The van der Waals surface area contributed by atoms with Crippen molar-refractivity contribution in [2.75, 3.05) is 18.9 Å². The van der Waals surface area contributed by atoms with Gasteiger partial charge >= 0.3 is 0 Å². The van der Waals surface area contributed by atoms with E-state index in [1.807, 2.05) is 0 Å². The topological polar surface area (TPSA) is 52.5 Å². The number of thioether (sulfide) groups is 1. The van der Waals surface area contributed by atoms with E-state index in [0.29, 0.717) is 0 Å². The van der Waals surface area contributed by atoms with Crippen molar-refractivity contribution in [2.45, 2.75) is 11.5 Å². The van der Waals surface area contributed by atoms with Gasteiger partial charge in [0.2, 0.25) is 0 Å². The molecule has 1 saturated heterocycles.